The van der Waals surface area contributed by atoms with Crippen LogP contribution in [0.1, 0.15) is 22.3 Å². The average Bonchev–Trinajstić information content (AvgIpc) is 2.63. The van der Waals surface area contributed by atoms with E-state index < -0.39 is 0 Å². The fourth-order valence-electron chi connectivity index (χ4n) is 1.96. The molecule has 0 bridgehead atoms. The first-order valence-corrected chi connectivity index (χ1v) is 7.53. The van der Waals surface area contributed by atoms with Crippen LogP contribution in [0.15, 0.2) is 74.0 Å². The maximum atomic E-state index is 5.69. The summed E-state index contributed by atoms with van der Waals surface area (Å²) >= 11 is 0. The summed E-state index contributed by atoms with van der Waals surface area (Å²) in [6.07, 6.45) is 6.24. The number of hydrazone groups is 3. The zero-order chi connectivity index (χ0) is 18.6. The molecule has 0 atom stereocenters. The Morgan fingerprint density at radius 1 is 0.724 bits per heavy atom. The standard InChI is InChI=1S/C17H19N9.3ClH/c18-17(25-23-11-15-5-1-3-13(7-15)9-21-19)26-24-12-16-6-2-4-14(8-16)10-22-20;;;/h1-12H,19-20H2,(H3,18,25,26);3*1H. The number of guanidine groups is 1. The molecule has 0 aliphatic heterocycles. The van der Waals surface area contributed by atoms with Gasteiger partial charge >= 0.3 is 0 Å². The van der Waals surface area contributed by atoms with E-state index >= 15 is 0 Å². The van der Waals surface area contributed by atoms with Gasteiger partial charge in [0.25, 0.3) is 0 Å². The quantitative estimate of drug-likeness (QED) is 0.226. The zero-order valence-corrected chi connectivity index (χ0v) is 17.6. The van der Waals surface area contributed by atoms with Crippen molar-refractivity contribution in [1.82, 2.24) is 5.43 Å². The third-order valence-electron chi connectivity index (χ3n) is 3.03. The van der Waals surface area contributed by atoms with Gasteiger partial charge in [-0.15, -0.1) is 42.3 Å². The second kappa shape index (κ2) is 15.9. The summed E-state index contributed by atoms with van der Waals surface area (Å²) in [5.41, 5.74) is 11.7. The van der Waals surface area contributed by atoms with Gasteiger partial charge in [0.15, 0.2) is 0 Å². The largest absolute Gasteiger partial charge is 0.367 e. The summed E-state index contributed by atoms with van der Waals surface area (Å²) in [6, 6.07) is 14.9. The van der Waals surface area contributed by atoms with Gasteiger partial charge in [-0.3, -0.25) is 0 Å². The van der Waals surface area contributed by atoms with Crippen molar-refractivity contribution in [1.29, 1.82) is 0 Å². The molecular weight excluding hydrogens is 437 g/mol. The lowest BCUT2D eigenvalue weighted by molar-refractivity contribution is 0.994. The Hall–Kier alpha value is -3.14. The van der Waals surface area contributed by atoms with Gasteiger partial charge in [0.2, 0.25) is 5.96 Å². The van der Waals surface area contributed by atoms with Crippen molar-refractivity contribution in [3.63, 3.8) is 0 Å². The molecule has 0 aliphatic carbocycles. The van der Waals surface area contributed by atoms with Crippen molar-refractivity contribution in [2.24, 2.45) is 42.9 Å². The normalized spacial score (nSPS) is 11.4. The molecule has 2 aromatic rings. The SMILES string of the molecule is Cl.Cl.Cl.NN=Cc1cccc(C=NN=C(N)NN=Cc2cccc(C=NN)c2)c1. The molecule has 0 aliphatic rings. The van der Waals surface area contributed by atoms with Crippen LogP contribution >= 0.6 is 37.2 Å². The van der Waals surface area contributed by atoms with Crippen molar-refractivity contribution in [3.8, 4) is 0 Å². The lowest BCUT2D eigenvalue weighted by atomic mass is 10.1. The molecule has 0 heterocycles. The van der Waals surface area contributed by atoms with Gasteiger partial charge in [0.05, 0.1) is 24.9 Å². The minimum Gasteiger partial charge on any atom is -0.367 e. The monoisotopic (exact) mass is 457 g/mol. The van der Waals surface area contributed by atoms with E-state index in [0.29, 0.717) is 0 Å². The highest BCUT2D eigenvalue weighted by molar-refractivity contribution is 5.88. The van der Waals surface area contributed by atoms with E-state index in [1.807, 2.05) is 48.5 Å². The van der Waals surface area contributed by atoms with Crippen LogP contribution in [0.3, 0.4) is 0 Å². The van der Waals surface area contributed by atoms with Crippen LogP contribution in [-0.4, -0.2) is 30.8 Å². The van der Waals surface area contributed by atoms with E-state index in [9.17, 15) is 0 Å². The average molecular weight is 459 g/mol. The Labute approximate surface area is 187 Å². The lowest BCUT2D eigenvalue weighted by Gasteiger charge is -1.98. The number of nitrogens with one attached hydrogen (secondary N) is 1. The molecule has 2 rings (SSSR count). The first-order valence-electron chi connectivity index (χ1n) is 7.53. The van der Waals surface area contributed by atoms with Crippen LogP contribution in [0.25, 0.3) is 0 Å². The molecule has 2 aromatic carbocycles. The summed E-state index contributed by atoms with van der Waals surface area (Å²) in [7, 11) is 0. The number of nitrogens with zero attached hydrogens (tertiary/aromatic N) is 5. The first kappa shape index (κ1) is 28.1. The molecule has 0 radical (unpaired) electrons. The van der Waals surface area contributed by atoms with Crippen molar-refractivity contribution in [3.05, 3.63) is 70.8 Å². The lowest BCUT2D eigenvalue weighted by Crippen LogP contribution is -2.26. The van der Waals surface area contributed by atoms with Crippen LogP contribution in [-0.2, 0) is 0 Å². The highest BCUT2D eigenvalue weighted by Crippen LogP contribution is 2.01. The Balaban J connectivity index is 0. The van der Waals surface area contributed by atoms with Gasteiger partial charge in [-0.05, 0) is 34.4 Å². The van der Waals surface area contributed by atoms with Crippen molar-refractivity contribution < 1.29 is 0 Å². The molecule has 0 amide bonds. The molecule has 0 saturated carbocycles. The van der Waals surface area contributed by atoms with Crippen molar-refractivity contribution in [2.75, 3.05) is 0 Å². The molecule has 0 fully saturated rings. The molecule has 7 N–H and O–H groups in total. The Bertz CT molecular complexity index is 880. The van der Waals surface area contributed by atoms with Gasteiger partial charge in [0.1, 0.15) is 0 Å². The number of halogens is 3. The third kappa shape index (κ3) is 10.7. The molecule has 0 unspecified atom stereocenters. The van der Waals surface area contributed by atoms with E-state index in [4.69, 9.17) is 17.4 Å². The summed E-state index contributed by atoms with van der Waals surface area (Å²) in [5, 5.41) is 18.7. The fourth-order valence-corrected chi connectivity index (χ4v) is 1.96. The summed E-state index contributed by atoms with van der Waals surface area (Å²) in [6.45, 7) is 0. The van der Waals surface area contributed by atoms with E-state index in [0.717, 1.165) is 22.3 Å². The molecule has 0 saturated heterocycles. The highest BCUT2D eigenvalue weighted by Gasteiger charge is 1.92. The molecule has 0 spiro atoms. The van der Waals surface area contributed by atoms with E-state index in [1.165, 1.54) is 0 Å². The first-order chi connectivity index (χ1) is 12.7. The minimum atomic E-state index is 0. The smallest absolute Gasteiger partial charge is 0.234 e. The van der Waals surface area contributed by atoms with Crippen LogP contribution in [0.5, 0.6) is 0 Å². The van der Waals surface area contributed by atoms with E-state index in [-0.39, 0.29) is 43.2 Å². The molecule has 156 valence electrons. The predicted molar refractivity (Wildman–Crippen MR) is 128 cm³/mol. The van der Waals surface area contributed by atoms with E-state index in [1.54, 1.807) is 24.9 Å². The minimum absolute atomic E-state index is 0. The zero-order valence-electron chi connectivity index (χ0n) is 15.1. The number of benzene rings is 2. The topological polar surface area (TPSA) is 152 Å². The van der Waals surface area contributed by atoms with Gasteiger partial charge in [-0.2, -0.15) is 20.4 Å². The van der Waals surface area contributed by atoms with Gasteiger partial charge in [-0.1, -0.05) is 36.4 Å². The van der Waals surface area contributed by atoms with Crippen LogP contribution in [0.4, 0.5) is 0 Å². The van der Waals surface area contributed by atoms with Gasteiger partial charge in [0, 0.05) is 0 Å². The molecule has 9 nitrogen and oxygen atoms in total. The number of hydrogen-bond donors (Lipinski definition) is 4. The molecule has 0 aromatic heterocycles. The van der Waals surface area contributed by atoms with Crippen molar-refractivity contribution >= 4 is 68.0 Å². The maximum Gasteiger partial charge on any atom is 0.234 e. The third-order valence-corrected chi connectivity index (χ3v) is 3.03. The van der Waals surface area contributed by atoms with Crippen LogP contribution < -0.4 is 22.8 Å². The molecular formula is C17H22Cl3N9. The number of nitrogens with two attached hydrogens (primary N) is 3. The Morgan fingerprint density at radius 3 is 1.66 bits per heavy atom. The van der Waals surface area contributed by atoms with Crippen LogP contribution in [0.2, 0.25) is 0 Å². The molecule has 12 heteroatoms. The second-order valence-electron chi connectivity index (χ2n) is 5.00. The van der Waals surface area contributed by atoms with Crippen LogP contribution in [0, 0.1) is 0 Å². The predicted octanol–water partition coefficient (Wildman–Crippen LogP) is 1.81. The Morgan fingerprint density at radius 2 is 1.17 bits per heavy atom. The van der Waals surface area contributed by atoms with Gasteiger partial charge < -0.3 is 17.4 Å². The number of hydrogen-bond acceptors (Lipinski definition) is 7. The maximum absolute atomic E-state index is 5.69. The highest BCUT2D eigenvalue weighted by atomic mass is 35.5. The second-order valence-corrected chi connectivity index (χ2v) is 5.00. The van der Waals surface area contributed by atoms with E-state index in [2.05, 4.69) is 30.9 Å². The summed E-state index contributed by atoms with van der Waals surface area (Å²) in [4.78, 5) is 0. The Kier molecular flexibility index (Phi) is 15.4. The van der Waals surface area contributed by atoms with Crippen molar-refractivity contribution in [2.45, 2.75) is 0 Å². The summed E-state index contributed by atoms with van der Waals surface area (Å²) in [5.74, 6) is 10.3. The summed E-state index contributed by atoms with van der Waals surface area (Å²) < 4.78 is 0. The fraction of sp³-hybridized carbons (Fsp3) is 0. The molecule has 29 heavy (non-hydrogen) atoms. The number of rotatable bonds is 6. The van der Waals surface area contributed by atoms with Gasteiger partial charge in [-0.25, -0.2) is 5.43 Å².